The number of rotatable bonds is 4. The van der Waals surface area contributed by atoms with E-state index in [9.17, 15) is 13.2 Å². The Bertz CT molecular complexity index is 700. The third-order valence-electron chi connectivity index (χ3n) is 5.05. The predicted molar refractivity (Wildman–Crippen MR) is 92.9 cm³/mol. The number of sulfonamides is 1. The number of ether oxygens (including phenoxy) is 1. The van der Waals surface area contributed by atoms with Gasteiger partial charge in [-0.1, -0.05) is 0 Å². The number of carbonyl (C=O) groups is 1. The first-order chi connectivity index (χ1) is 11.4. The summed E-state index contributed by atoms with van der Waals surface area (Å²) in [6.07, 6.45) is 4.13. The van der Waals surface area contributed by atoms with Crippen LogP contribution >= 0.6 is 11.3 Å². The van der Waals surface area contributed by atoms with Gasteiger partial charge in [-0.25, -0.2) is 13.2 Å². The van der Waals surface area contributed by atoms with Crippen molar-refractivity contribution in [3.8, 4) is 0 Å². The van der Waals surface area contributed by atoms with E-state index < -0.39 is 16.0 Å². The van der Waals surface area contributed by atoms with Gasteiger partial charge in [-0.3, -0.25) is 0 Å². The molecule has 24 heavy (non-hydrogen) atoms. The van der Waals surface area contributed by atoms with Crippen LogP contribution in [0.1, 0.15) is 40.9 Å². The molecule has 1 N–H and O–H groups in total. The largest absolute Gasteiger partial charge is 0.465 e. The molecular formula is C16H24N2O4S2. The molecule has 2 fully saturated rings. The van der Waals surface area contributed by atoms with Gasteiger partial charge < -0.3 is 10.1 Å². The molecule has 0 radical (unpaired) electrons. The van der Waals surface area contributed by atoms with Crippen LogP contribution in [0, 0.1) is 12.8 Å². The highest BCUT2D eigenvalue weighted by Crippen LogP contribution is 2.33. The zero-order valence-corrected chi connectivity index (χ0v) is 15.7. The van der Waals surface area contributed by atoms with E-state index >= 15 is 0 Å². The molecule has 0 bridgehead atoms. The standard InChI is InChI=1S/C16H24N2O4S2/c1-11-10-23-14(16(19)22-2)15(11)24(20,21)18-8-5-12(6-9-18)13-4-3-7-17-13/h10,12-13,17H,3-9H2,1-2H3. The normalized spacial score (nSPS) is 23.5. The minimum Gasteiger partial charge on any atom is -0.465 e. The van der Waals surface area contributed by atoms with E-state index in [4.69, 9.17) is 4.74 Å². The number of carbonyl (C=O) groups excluding carboxylic acids is 1. The molecule has 6 nitrogen and oxygen atoms in total. The van der Waals surface area contributed by atoms with Crippen molar-refractivity contribution in [3.05, 3.63) is 15.8 Å². The van der Waals surface area contributed by atoms with E-state index in [1.807, 2.05) is 0 Å². The average Bonchev–Trinajstić information content (AvgIpc) is 3.24. The summed E-state index contributed by atoms with van der Waals surface area (Å²) in [6.45, 7) is 3.83. The highest BCUT2D eigenvalue weighted by atomic mass is 32.2. The smallest absolute Gasteiger partial charge is 0.349 e. The fourth-order valence-corrected chi connectivity index (χ4v) is 6.88. The molecule has 3 heterocycles. The van der Waals surface area contributed by atoms with Gasteiger partial charge in [-0.15, -0.1) is 11.3 Å². The number of methoxy groups -OCH3 is 1. The van der Waals surface area contributed by atoms with Crippen molar-refractivity contribution in [1.82, 2.24) is 9.62 Å². The topological polar surface area (TPSA) is 75.7 Å². The van der Waals surface area contributed by atoms with Crippen LogP contribution in [0.2, 0.25) is 0 Å². The zero-order chi connectivity index (χ0) is 17.3. The second kappa shape index (κ2) is 7.11. The first-order valence-electron chi connectivity index (χ1n) is 8.35. The molecule has 8 heteroatoms. The summed E-state index contributed by atoms with van der Waals surface area (Å²) in [4.78, 5) is 12.2. The minimum absolute atomic E-state index is 0.122. The van der Waals surface area contributed by atoms with Gasteiger partial charge in [0, 0.05) is 19.1 Å². The van der Waals surface area contributed by atoms with Crippen molar-refractivity contribution in [2.24, 2.45) is 5.92 Å². The quantitative estimate of drug-likeness (QED) is 0.818. The number of esters is 1. The molecular weight excluding hydrogens is 348 g/mol. The van der Waals surface area contributed by atoms with Crippen LogP contribution in [0.3, 0.4) is 0 Å². The molecule has 1 unspecified atom stereocenters. The lowest BCUT2D eigenvalue weighted by Gasteiger charge is -2.34. The van der Waals surface area contributed by atoms with Crippen molar-refractivity contribution in [1.29, 1.82) is 0 Å². The molecule has 1 aromatic rings. The maximum absolute atomic E-state index is 13.0. The van der Waals surface area contributed by atoms with E-state index in [1.54, 1.807) is 12.3 Å². The first kappa shape index (κ1) is 17.8. The highest BCUT2D eigenvalue weighted by molar-refractivity contribution is 7.89. The zero-order valence-electron chi connectivity index (χ0n) is 14.1. The molecule has 0 spiro atoms. The van der Waals surface area contributed by atoms with Crippen molar-refractivity contribution in [2.45, 2.75) is 43.5 Å². The number of thiophene rings is 1. The molecule has 1 atom stereocenters. The Morgan fingerprint density at radius 3 is 2.62 bits per heavy atom. The molecule has 0 amide bonds. The Labute approximate surface area is 147 Å². The third kappa shape index (κ3) is 3.24. The Morgan fingerprint density at radius 2 is 2.04 bits per heavy atom. The lowest BCUT2D eigenvalue weighted by atomic mass is 9.89. The molecule has 2 aliphatic heterocycles. The third-order valence-corrected chi connectivity index (χ3v) is 8.35. The van der Waals surface area contributed by atoms with Crippen molar-refractivity contribution in [3.63, 3.8) is 0 Å². The minimum atomic E-state index is -3.66. The van der Waals surface area contributed by atoms with Gasteiger partial charge in [0.15, 0.2) is 0 Å². The molecule has 134 valence electrons. The molecule has 1 aromatic heterocycles. The van der Waals surface area contributed by atoms with E-state index in [1.165, 1.54) is 24.3 Å². The lowest BCUT2D eigenvalue weighted by molar-refractivity contribution is 0.0602. The van der Waals surface area contributed by atoms with E-state index in [2.05, 4.69) is 5.32 Å². The first-order valence-corrected chi connectivity index (χ1v) is 10.7. The van der Waals surface area contributed by atoms with Crippen LogP contribution in [-0.4, -0.2) is 51.5 Å². The van der Waals surface area contributed by atoms with E-state index in [0.717, 1.165) is 30.7 Å². The maximum atomic E-state index is 13.0. The number of hydrogen-bond donors (Lipinski definition) is 1. The molecule has 0 aliphatic carbocycles. The monoisotopic (exact) mass is 372 g/mol. The fraction of sp³-hybridized carbons (Fsp3) is 0.688. The van der Waals surface area contributed by atoms with Gasteiger partial charge in [0.2, 0.25) is 10.0 Å². The van der Waals surface area contributed by atoms with Crippen LogP contribution in [0.5, 0.6) is 0 Å². The Morgan fingerprint density at radius 1 is 1.33 bits per heavy atom. The van der Waals surface area contributed by atoms with E-state index in [0.29, 0.717) is 30.6 Å². The Kier molecular flexibility index (Phi) is 5.29. The molecule has 2 saturated heterocycles. The van der Waals surface area contributed by atoms with Gasteiger partial charge in [0.05, 0.1) is 7.11 Å². The van der Waals surface area contributed by atoms with Crippen LogP contribution in [-0.2, 0) is 14.8 Å². The predicted octanol–water partition coefficient (Wildman–Crippen LogP) is 2.00. The second-order valence-corrected chi connectivity index (χ2v) is 9.27. The SMILES string of the molecule is COC(=O)c1scc(C)c1S(=O)(=O)N1CCC(C2CCCN2)CC1. The fourth-order valence-electron chi connectivity index (χ4n) is 3.75. The summed E-state index contributed by atoms with van der Waals surface area (Å²) in [5.41, 5.74) is 0.611. The van der Waals surface area contributed by atoms with Crippen molar-refractivity contribution in [2.75, 3.05) is 26.7 Å². The molecule has 3 rings (SSSR count). The molecule has 0 saturated carbocycles. The number of piperidine rings is 1. The summed E-state index contributed by atoms with van der Waals surface area (Å²) in [5.74, 6) is -0.0423. The Hall–Kier alpha value is -0.960. The van der Waals surface area contributed by atoms with Crippen LogP contribution in [0.15, 0.2) is 10.3 Å². The molecule has 2 aliphatic rings. The van der Waals surface area contributed by atoms with Gasteiger partial charge >= 0.3 is 5.97 Å². The van der Waals surface area contributed by atoms with Crippen LogP contribution in [0.25, 0.3) is 0 Å². The van der Waals surface area contributed by atoms with Crippen molar-refractivity contribution < 1.29 is 17.9 Å². The number of nitrogens with one attached hydrogen (secondary N) is 1. The lowest BCUT2D eigenvalue weighted by Crippen LogP contribution is -2.43. The van der Waals surface area contributed by atoms with Crippen LogP contribution < -0.4 is 5.32 Å². The maximum Gasteiger partial charge on any atom is 0.349 e. The summed E-state index contributed by atoms with van der Waals surface area (Å²) in [5, 5.41) is 5.22. The van der Waals surface area contributed by atoms with Crippen LogP contribution in [0.4, 0.5) is 0 Å². The number of nitrogens with zero attached hydrogens (tertiary/aromatic N) is 1. The van der Waals surface area contributed by atoms with Crippen molar-refractivity contribution >= 4 is 27.3 Å². The summed E-state index contributed by atoms with van der Waals surface area (Å²) >= 11 is 1.13. The molecule has 0 aromatic carbocycles. The number of hydrogen-bond acceptors (Lipinski definition) is 6. The van der Waals surface area contributed by atoms with Gasteiger partial charge in [-0.05, 0) is 56.0 Å². The average molecular weight is 373 g/mol. The van der Waals surface area contributed by atoms with Gasteiger partial charge in [-0.2, -0.15) is 4.31 Å². The summed E-state index contributed by atoms with van der Waals surface area (Å²) in [7, 11) is -2.39. The second-order valence-electron chi connectivity index (χ2n) is 6.51. The number of aryl methyl sites for hydroxylation is 1. The Balaban J connectivity index is 1.77. The van der Waals surface area contributed by atoms with E-state index in [-0.39, 0.29) is 9.77 Å². The highest BCUT2D eigenvalue weighted by Gasteiger charge is 2.36. The van der Waals surface area contributed by atoms with Gasteiger partial charge in [0.25, 0.3) is 0 Å². The van der Waals surface area contributed by atoms with Gasteiger partial charge in [0.1, 0.15) is 9.77 Å². The summed E-state index contributed by atoms with van der Waals surface area (Å²) < 4.78 is 32.4. The summed E-state index contributed by atoms with van der Waals surface area (Å²) in [6, 6.07) is 0.531.